The molecular weight excluding hydrogens is 322 g/mol. The molecule has 3 rings (SSSR count). The summed E-state index contributed by atoms with van der Waals surface area (Å²) < 4.78 is 5.13. The fraction of sp³-hybridized carbons (Fsp3) is 0.278. The van der Waals surface area contributed by atoms with Crippen molar-refractivity contribution in [2.45, 2.75) is 0 Å². The summed E-state index contributed by atoms with van der Waals surface area (Å²) in [4.78, 5) is 30.9. The van der Waals surface area contributed by atoms with Gasteiger partial charge in [0.1, 0.15) is 5.75 Å². The summed E-state index contributed by atoms with van der Waals surface area (Å²) in [5.41, 5.74) is 1.63. The van der Waals surface area contributed by atoms with Crippen LogP contribution in [0.2, 0.25) is 0 Å². The van der Waals surface area contributed by atoms with Gasteiger partial charge in [-0.2, -0.15) is 0 Å². The topological polar surface area (TPSA) is 83.0 Å². The summed E-state index contributed by atoms with van der Waals surface area (Å²) in [5.74, 6) is -0.472. The molecular formula is C18H19N3O4. The maximum absolute atomic E-state index is 12.4. The number of nitrogens with zero attached hydrogens (tertiary/aromatic N) is 3. The highest BCUT2D eigenvalue weighted by Crippen LogP contribution is 2.21. The summed E-state index contributed by atoms with van der Waals surface area (Å²) in [6.45, 7) is 2.41. The molecule has 1 fully saturated rings. The van der Waals surface area contributed by atoms with Crippen molar-refractivity contribution in [3.63, 3.8) is 0 Å². The number of hydrogen-bond acceptors (Lipinski definition) is 5. The van der Waals surface area contributed by atoms with Gasteiger partial charge in [-0.05, 0) is 36.4 Å². The number of benzene rings is 1. The second kappa shape index (κ2) is 7.65. The van der Waals surface area contributed by atoms with E-state index in [0.717, 1.165) is 18.8 Å². The molecule has 2 heterocycles. The molecule has 1 aliphatic rings. The number of carboxylic acids is 1. The maximum atomic E-state index is 12.4. The number of carbonyl (C=O) groups excluding carboxylic acids is 1. The fourth-order valence-electron chi connectivity index (χ4n) is 2.74. The molecule has 1 amide bonds. The lowest BCUT2D eigenvalue weighted by Crippen LogP contribution is -2.48. The summed E-state index contributed by atoms with van der Waals surface area (Å²) in [6, 6.07) is 10.8. The molecule has 0 aliphatic carbocycles. The average Bonchev–Trinajstić information content (AvgIpc) is 2.67. The van der Waals surface area contributed by atoms with Crippen molar-refractivity contribution in [1.82, 2.24) is 9.88 Å². The molecule has 1 aliphatic heterocycles. The Balaban J connectivity index is 1.55. The van der Waals surface area contributed by atoms with E-state index in [1.165, 1.54) is 0 Å². The smallest absolute Gasteiger partial charge is 0.341 e. The highest BCUT2D eigenvalue weighted by molar-refractivity contribution is 5.94. The Hall–Kier alpha value is -3.09. The van der Waals surface area contributed by atoms with E-state index in [1.807, 2.05) is 17.0 Å². The van der Waals surface area contributed by atoms with Gasteiger partial charge in [0, 0.05) is 44.3 Å². The van der Waals surface area contributed by atoms with E-state index in [2.05, 4.69) is 9.88 Å². The van der Waals surface area contributed by atoms with Crippen molar-refractivity contribution in [3.8, 4) is 5.75 Å². The number of aromatic nitrogens is 1. The van der Waals surface area contributed by atoms with Crippen molar-refractivity contribution in [2.24, 2.45) is 0 Å². The van der Waals surface area contributed by atoms with Gasteiger partial charge in [0.2, 0.25) is 0 Å². The number of aliphatic carboxylic acids is 1. The third kappa shape index (κ3) is 4.26. The molecule has 7 nitrogen and oxygen atoms in total. The number of carboxylic acid groups (broad SMARTS) is 1. The second-order valence-electron chi connectivity index (χ2n) is 5.70. The Morgan fingerprint density at radius 3 is 2.40 bits per heavy atom. The Labute approximate surface area is 145 Å². The Morgan fingerprint density at radius 2 is 1.80 bits per heavy atom. The maximum Gasteiger partial charge on any atom is 0.341 e. The lowest BCUT2D eigenvalue weighted by molar-refractivity contribution is -0.139. The Bertz CT molecular complexity index is 726. The third-order valence-electron chi connectivity index (χ3n) is 4.04. The highest BCUT2D eigenvalue weighted by Gasteiger charge is 2.22. The van der Waals surface area contributed by atoms with Crippen LogP contribution in [0.4, 0.5) is 5.69 Å². The van der Waals surface area contributed by atoms with Crippen LogP contribution >= 0.6 is 0 Å². The molecule has 0 saturated carbocycles. The van der Waals surface area contributed by atoms with Crippen LogP contribution in [0, 0.1) is 0 Å². The minimum atomic E-state index is -1.00. The zero-order chi connectivity index (χ0) is 17.6. The number of amides is 1. The number of carbonyl (C=O) groups is 2. The van der Waals surface area contributed by atoms with E-state index < -0.39 is 5.97 Å². The molecule has 0 bridgehead atoms. The minimum Gasteiger partial charge on any atom is -0.482 e. The standard InChI is InChI=1S/C18H19N3O4/c22-17(23)13-25-16-5-3-15(4-6-16)20-8-10-21(11-9-20)18(24)14-2-1-7-19-12-14/h1-7,12H,8-11,13H2,(H,22,23). The van der Waals surface area contributed by atoms with E-state index in [9.17, 15) is 9.59 Å². The number of hydrogen-bond donors (Lipinski definition) is 1. The first-order valence-corrected chi connectivity index (χ1v) is 8.02. The van der Waals surface area contributed by atoms with Crippen LogP contribution in [0.3, 0.4) is 0 Å². The molecule has 1 N–H and O–H groups in total. The summed E-state index contributed by atoms with van der Waals surface area (Å²) in [5, 5.41) is 8.62. The fourth-order valence-corrected chi connectivity index (χ4v) is 2.74. The predicted octanol–water partition coefficient (Wildman–Crippen LogP) is 1.51. The lowest BCUT2D eigenvalue weighted by atomic mass is 10.2. The first kappa shape index (κ1) is 16.8. The lowest BCUT2D eigenvalue weighted by Gasteiger charge is -2.36. The molecule has 1 aromatic carbocycles. The van der Waals surface area contributed by atoms with Crippen LogP contribution < -0.4 is 9.64 Å². The van der Waals surface area contributed by atoms with Gasteiger partial charge in [0.25, 0.3) is 5.91 Å². The highest BCUT2D eigenvalue weighted by atomic mass is 16.5. The van der Waals surface area contributed by atoms with Crippen molar-refractivity contribution in [2.75, 3.05) is 37.7 Å². The van der Waals surface area contributed by atoms with Crippen LogP contribution in [0.25, 0.3) is 0 Å². The predicted molar refractivity (Wildman–Crippen MR) is 91.9 cm³/mol. The molecule has 130 valence electrons. The molecule has 1 saturated heterocycles. The number of anilines is 1. The van der Waals surface area contributed by atoms with Gasteiger partial charge in [-0.3, -0.25) is 9.78 Å². The zero-order valence-corrected chi connectivity index (χ0v) is 13.7. The molecule has 0 atom stereocenters. The molecule has 0 unspecified atom stereocenters. The van der Waals surface area contributed by atoms with Crippen molar-refractivity contribution in [1.29, 1.82) is 0 Å². The Kier molecular flexibility index (Phi) is 5.13. The molecule has 0 radical (unpaired) electrons. The number of rotatable bonds is 5. The van der Waals surface area contributed by atoms with Gasteiger partial charge >= 0.3 is 5.97 Å². The van der Waals surface area contributed by atoms with Gasteiger partial charge in [0.05, 0.1) is 5.56 Å². The SMILES string of the molecule is O=C(O)COc1ccc(N2CCN(C(=O)c3cccnc3)CC2)cc1. The van der Waals surface area contributed by atoms with Crippen molar-refractivity contribution < 1.29 is 19.4 Å². The summed E-state index contributed by atoms with van der Waals surface area (Å²) >= 11 is 0. The third-order valence-corrected chi connectivity index (χ3v) is 4.04. The Morgan fingerprint density at radius 1 is 1.08 bits per heavy atom. The number of piperazine rings is 1. The average molecular weight is 341 g/mol. The first-order valence-electron chi connectivity index (χ1n) is 8.02. The van der Waals surface area contributed by atoms with E-state index in [-0.39, 0.29) is 12.5 Å². The normalized spacial score (nSPS) is 14.2. The summed E-state index contributed by atoms with van der Waals surface area (Å²) in [7, 11) is 0. The van der Waals surface area contributed by atoms with Gasteiger partial charge in [-0.25, -0.2) is 4.79 Å². The van der Waals surface area contributed by atoms with E-state index in [1.54, 1.807) is 36.7 Å². The van der Waals surface area contributed by atoms with E-state index in [4.69, 9.17) is 9.84 Å². The minimum absolute atomic E-state index is 0.00479. The van der Waals surface area contributed by atoms with Gasteiger partial charge in [0.15, 0.2) is 6.61 Å². The molecule has 2 aromatic rings. The number of ether oxygens (including phenoxy) is 1. The summed E-state index contributed by atoms with van der Waals surface area (Å²) in [6.07, 6.45) is 3.24. The van der Waals surface area contributed by atoms with Crippen LogP contribution in [-0.2, 0) is 4.79 Å². The van der Waals surface area contributed by atoms with Crippen LogP contribution in [0.1, 0.15) is 10.4 Å². The largest absolute Gasteiger partial charge is 0.482 e. The molecule has 7 heteroatoms. The first-order chi connectivity index (χ1) is 12.1. The molecule has 1 aromatic heterocycles. The van der Waals surface area contributed by atoms with Crippen LogP contribution in [0.15, 0.2) is 48.8 Å². The molecule has 0 spiro atoms. The zero-order valence-electron chi connectivity index (χ0n) is 13.7. The van der Waals surface area contributed by atoms with Crippen LogP contribution in [0.5, 0.6) is 5.75 Å². The van der Waals surface area contributed by atoms with Gasteiger partial charge < -0.3 is 19.6 Å². The van der Waals surface area contributed by atoms with Crippen molar-refractivity contribution >= 4 is 17.6 Å². The van der Waals surface area contributed by atoms with E-state index in [0.29, 0.717) is 24.4 Å². The van der Waals surface area contributed by atoms with E-state index >= 15 is 0 Å². The van der Waals surface area contributed by atoms with Crippen molar-refractivity contribution in [3.05, 3.63) is 54.4 Å². The van der Waals surface area contributed by atoms with Gasteiger partial charge in [-0.15, -0.1) is 0 Å². The molecule has 25 heavy (non-hydrogen) atoms. The monoisotopic (exact) mass is 341 g/mol. The number of pyridine rings is 1. The van der Waals surface area contributed by atoms with Gasteiger partial charge in [-0.1, -0.05) is 0 Å². The quantitative estimate of drug-likeness (QED) is 0.887. The van der Waals surface area contributed by atoms with Crippen LogP contribution in [-0.4, -0.2) is 59.7 Å². The second-order valence-corrected chi connectivity index (χ2v) is 5.70.